The summed E-state index contributed by atoms with van der Waals surface area (Å²) in [5.41, 5.74) is 3.50. The lowest BCUT2D eigenvalue weighted by atomic mass is 10.1. The molecule has 0 unspecified atom stereocenters. The molecule has 0 saturated carbocycles. The molecule has 2 aromatic rings. The Morgan fingerprint density at radius 2 is 1.90 bits per heavy atom. The molecule has 0 N–H and O–H groups in total. The van der Waals surface area contributed by atoms with Crippen LogP contribution in [0.2, 0.25) is 5.02 Å². The molecular weight excluding hydrogens is 272 g/mol. The molecule has 0 bridgehead atoms. The molecule has 0 aliphatic carbocycles. The van der Waals surface area contributed by atoms with Gasteiger partial charge in [-0.05, 0) is 38.3 Å². The van der Waals surface area contributed by atoms with E-state index in [4.69, 9.17) is 11.6 Å². The molecule has 4 heteroatoms. The van der Waals surface area contributed by atoms with E-state index in [1.165, 1.54) is 16.0 Å². The summed E-state index contributed by atoms with van der Waals surface area (Å²) in [6, 6.07) is 3.38. The van der Waals surface area contributed by atoms with E-state index in [0.29, 0.717) is 10.7 Å². The van der Waals surface area contributed by atoms with E-state index in [2.05, 4.69) is 25.4 Å². The van der Waals surface area contributed by atoms with Crippen molar-refractivity contribution < 1.29 is 0 Å². The van der Waals surface area contributed by atoms with Crippen molar-refractivity contribution in [3.8, 4) is 0 Å². The highest BCUT2D eigenvalue weighted by Crippen LogP contribution is 2.22. The predicted octanol–water partition coefficient (Wildman–Crippen LogP) is 4.36. The number of nitrogens with zero attached hydrogens (tertiary/aromatic N) is 2. The number of allylic oxidation sites excluding steroid dienone is 1. The number of fused-ring (bicyclic) bond motifs is 1. The predicted molar refractivity (Wildman–Crippen MR) is 85.8 cm³/mol. The molecule has 108 valence electrons. The molecule has 0 aliphatic heterocycles. The van der Waals surface area contributed by atoms with Gasteiger partial charge in [-0.3, -0.25) is 9.20 Å². The number of aryl methyl sites for hydroxylation is 1. The van der Waals surface area contributed by atoms with E-state index >= 15 is 0 Å². The molecule has 0 spiro atoms. The van der Waals surface area contributed by atoms with Gasteiger partial charge in [-0.15, -0.1) is 6.58 Å². The minimum atomic E-state index is -0.0908. The molecule has 0 amide bonds. The first-order valence-electron chi connectivity index (χ1n) is 6.54. The molecule has 0 atom stereocenters. The van der Waals surface area contributed by atoms with Gasteiger partial charge in [0, 0.05) is 18.0 Å². The lowest BCUT2D eigenvalue weighted by Crippen LogP contribution is -2.16. The SMILES string of the molecule is C=C(C)C.Cc1cc(=O)n2cc(Cl)cc(C(C)C)c2n1. The van der Waals surface area contributed by atoms with E-state index in [-0.39, 0.29) is 11.5 Å². The van der Waals surface area contributed by atoms with Crippen molar-refractivity contribution >= 4 is 17.2 Å². The third-order valence-electron chi connectivity index (χ3n) is 2.51. The summed E-state index contributed by atoms with van der Waals surface area (Å²) in [6.07, 6.45) is 1.61. The normalized spacial score (nSPS) is 10.3. The second-order valence-corrected chi connectivity index (χ2v) is 5.84. The Bertz CT molecular complexity index is 683. The second kappa shape index (κ2) is 6.71. The highest BCUT2D eigenvalue weighted by molar-refractivity contribution is 6.30. The summed E-state index contributed by atoms with van der Waals surface area (Å²) in [4.78, 5) is 16.2. The van der Waals surface area contributed by atoms with Crippen molar-refractivity contribution in [2.45, 2.75) is 40.5 Å². The van der Waals surface area contributed by atoms with Gasteiger partial charge in [0.1, 0.15) is 5.65 Å². The van der Waals surface area contributed by atoms with Gasteiger partial charge < -0.3 is 0 Å². The van der Waals surface area contributed by atoms with E-state index in [1.807, 2.05) is 26.8 Å². The van der Waals surface area contributed by atoms with Gasteiger partial charge in [0.25, 0.3) is 5.56 Å². The summed E-state index contributed by atoms with van der Waals surface area (Å²) in [6.45, 7) is 13.4. The summed E-state index contributed by atoms with van der Waals surface area (Å²) < 4.78 is 1.50. The van der Waals surface area contributed by atoms with Crippen LogP contribution in [0.15, 0.2) is 35.3 Å². The summed E-state index contributed by atoms with van der Waals surface area (Å²) in [5.74, 6) is 0.280. The summed E-state index contributed by atoms with van der Waals surface area (Å²) >= 11 is 5.99. The molecule has 2 aromatic heterocycles. The van der Waals surface area contributed by atoms with Crippen LogP contribution in [-0.2, 0) is 0 Å². The van der Waals surface area contributed by atoms with Crippen LogP contribution in [0.5, 0.6) is 0 Å². The lowest BCUT2D eigenvalue weighted by Gasteiger charge is -2.11. The molecule has 2 heterocycles. The molecule has 0 aliphatic rings. The largest absolute Gasteiger partial charge is 0.269 e. The van der Waals surface area contributed by atoms with Crippen LogP contribution in [0.1, 0.15) is 44.9 Å². The Labute approximate surface area is 124 Å². The molecule has 20 heavy (non-hydrogen) atoms. The Balaban J connectivity index is 0.000000444. The van der Waals surface area contributed by atoms with Crippen molar-refractivity contribution in [1.29, 1.82) is 0 Å². The Morgan fingerprint density at radius 3 is 2.40 bits per heavy atom. The van der Waals surface area contributed by atoms with E-state index in [9.17, 15) is 4.79 Å². The highest BCUT2D eigenvalue weighted by atomic mass is 35.5. The number of rotatable bonds is 1. The van der Waals surface area contributed by atoms with Crippen LogP contribution < -0.4 is 5.56 Å². The van der Waals surface area contributed by atoms with Crippen LogP contribution in [0.4, 0.5) is 0 Å². The average Bonchev–Trinajstić information content (AvgIpc) is 2.28. The minimum Gasteiger partial charge on any atom is -0.269 e. The first kappa shape index (κ1) is 16.4. The zero-order valence-corrected chi connectivity index (χ0v) is 13.5. The lowest BCUT2D eigenvalue weighted by molar-refractivity contribution is 0.851. The van der Waals surface area contributed by atoms with Crippen molar-refractivity contribution in [2.24, 2.45) is 0 Å². The number of pyridine rings is 1. The van der Waals surface area contributed by atoms with Gasteiger partial charge >= 0.3 is 0 Å². The molecule has 0 fully saturated rings. The van der Waals surface area contributed by atoms with Crippen LogP contribution in [0, 0.1) is 6.92 Å². The maximum atomic E-state index is 11.8. The highest BCUT2D eigenvalue weighted by Gasteiger charge is 2.10. The third-order valence-corrected chi connectivity index (χ3v) is 2.71. The summed E-state index contributed by atoms with van der Waals surface area (Å²) in [7, 11) is 0. The first-order chi connectivity index (χ1) is 9.22. The minimum absolute atomic E-state index is 0.0908. The molecule has 2 rings (SSSR count). The van der Waals surface area contributed by atoms with Crippen LogP contribution in [0.25, 0.3) is 5.65 Å². The Kier molecular flexibility index (Phi) is 5.52. The van der Waals surface area contributed by atoms with Gasteiger partial charge in [0.05, 0.1) is 5.02 Å². The first-order valence-corrected chi connectivity index (χ1v) is 6.91. The van der Waals surface area contributed by atoms with Crippen molar-refractivity contribution in [3.05, 3.63) is 57.1 Å². The number of hydrogen-bond acceptors (Lipinski definition) is 2. The molecule has 0 saturated heterocycles. The molecule has 0 radical (unpaired) electrons. The van der Waals surface area contributed by atoms with Gasteiger partial charge in [-0.1, -0.05) is 31.0 Å². The molecular formula is C16H21ClN2O. The Hall–Kier alpha value is -1.61. The fourth-order valence-corrected chi connectivity index (χ4v) is 1.95. The van der Waals surface area contributed by atoms with E-state index < -0.39 is 0 Å². The van der Waals surface area contributed by atoms with Crippen LogP contribution in [-0.4, -0.2) is 9.38 Å². The topological polar surface area (TPSA) is 34.4 Å². The Morgan fingerprint density at radius 1 is 1.35 bits per heavy atom. The molecule has 3 nitrogen and oxygen atoms in total. The maximum absolute atomic E-state index is 11.8. The van der Waals surface area contributed by atoms with Gasteiger partial charge in [-0.25, -0.2) is 4.98 Å². The van der Waals surface area contributed by atoms with Crippen LogP contribution in [0.3, 0.4) is 0 Å². The van der Waals surface area contributed by atoms with E-state index in [0.717, 1.165) is 11.3 Å². The smallest absolute Gasteiger partial charge is 0.258 e. The van der Waals surface area contributed by atoms with Crippen molar-refractivity contribution in [2.75, 3.05) is 0 Å². The van der Waals surface area contributed by atoms with Crippen molar-refractivity contribution in [1.82, 2.24) is 9.38 Å². The van der Waals surface area contributed by atoms with Crippen LogP contribution >= 0.6 is 11.6 Å². The van der Waals surface area contributed by atoms with Gasteiger partial charge in [0.2, 0.25) is 0 Å². The number of aromatic nitrogens is 2. The fraction of sp³-hybridized carbons (Fsp3) is 0.375. The maximum Gasteiger partial charge on any atom is 0.258 e. The molecule has 0 aromatic carbocycles. The standard InChI is InChI=1S/C12H13ClN2O.C4H8/c1-7(2)10-5-9(13)6-15-11(16)4-8(3)14-12(10)15;1-4(2)3/h4-7H,1-3H3;1H2,2-3H3. The number of halogens is 1. The zero-order valence-electron chi connectivity index (χ0n) is 12.7. The summed E-state index contributed by atoms with van der Waals surface area (Å²) in [5, 5.41) is 0.559. The van der Waals surface area contributed by atoms with Gasteiger partial charge in [0.15, 0.2) is 0 Å². The monoisotopic (exact) mass is 292 g/mol. The second-order valence-electron chi connectivity index (χ2n) is 5.40. The zero-order chi connectivity index (χ0) is 15.4. The number of hydrogen-bond donors (Lipinski definition) is 0. The van der Waals surface area contributed by atoms with E-state index in [1.54, 1.807) is 6.20 Å². The third kappa shape index (κ3) is 4.20. The fourth-order valence-electron chi connectivity index (χ4n) is 1.73. The van der Waals surface area contributed by atoms with Gasteiger partial charge in [-0.2, -0.15) is 0 Å². The van der Waals surface area contributed by atoms with Crippen molar-refractivity contribution in [3.63, 3.8) is 0 Å². The quantitative estimate of drug-likeness (QED) is 0.732. The average molecular weight is 293 g/mol.